The fourth-order valence-corrected chi connectivity index (χ4v) is 2.45. The summed E-state index contributed by atoms with van der Waals surface area (Å²) in [7, 11) is 0. The van der Waals surface area contributed by atoms with Crippen molar-refractivity contribution in [2.45, 2.75) is 0 Å². The number of anilines is 2. The summed E-state index contributed by atoms with van der Waals surface area (Å²) in [5.74, 6) is 1.48. The van der Waals surface area contributed by atoms with Crippen LogP contribution in [0, 0.1) is 0 Å². The minimum atomic E-state index is 0.266. The molecule has 2 aromatic rings. The van der Waals surface area contributed by atoms with Gasteiger partial charge < -0.3 is 20.5 Å². The van der Waals surface area contributed by atoms with Gasteiger partial charge in [0.1, 0.15) is 10.7 Å². The van der Waals surface area contributed by atoms with Gasteiger partial charge in [-0.25, -0.2) is 4.98 Å². The summed E-state index contributed by atoms with van der Waals surface area (Å²) < 4.78 is 10.5. The molecule has 1 aliphatic heterocycles. The van der Waals surface area contributed by atoms with Crippen molar-refractivity contribution in [3.63, 3.8) is 0 Å². The van der Waals surface area contributed by atoms with Gasteiger partial charge in [-0.2, -0.15) is 0 Å². The van der Waals surface area contributed by atoms with Crippen molar-refractivity contribution in [2.24, 2.45) is 5.73 Å². The van der Waals surface area contributed by atoms with Gasteiger partial charge in [-0.05, 0) is 12.1 Å². The summed E-state index contributed by atoms with van der Waals surface area (Å²) in [6.45, 7) is 0.266. The Labute approximate surface area is 113 Å². The lowest BCUT2D eigenvalue weighted by Gasteiger charge is -2.03. The van der Waals surface area contributed by atoms with Gasteiger partial charge in [-0.1, -0.05) is 12.2 Å². The number of hydrogen-bond donors (Lipinski definition) is 2. The van der Waals surface area contributed by atoms with Gasteiger partial charge in [-0.3, -0.25) is 0 Å². The summed E-state index contributed by atoms with van der Waals surface area (Å²) >= 11 is 6.31. The Balaban J connectivity index is 1.81. The Morgan fingerprint density at radius 1 is 1.39 bits per heavy atom. The van der Waals surface area contributed by atoms with E-state index < -0.39 is 0 Å². The first-order chi connectivity index (χ1) is 8.72. The van der Waals surface area contributed by atoms with Crippen molar-refractivity contribution in [3.05, 3.63) is 29.3 Å². The molecule has 0 fully saturated rings. The van der Waals surface area contributed by atoms with E-state index in [9.17, 15) is 0 Å². The maximum absolute atomic E-state index is 5.51. The van der Waals surface area contributed by atoms with Crippen LogP contribution in [0.3, 0.4) is 0 Å². The molecular weight excluding hydrogens is 270 g/mol. The largest absolute Gasteiger partial charge is 0.454 e. The average Bonchev–Trinajstić information content (AvgIpc) is 2.96. The standard InChI is InChI=1S/C11H9N3O2S2/c12-10(17)7-4-18-11(14-7)13-6-1-2-8-9(3-6)16-5-15-8/h1-4H,5H2,(H2,12,17)(H,13,14). The molecule has 92 valence electrons. The van der Waals surface area contributed by atoms with Crippen LogP contribution in [0.2, 0.25) is 0 Å². The van der Waals surface area contributed by atoms with E-state index in [1.165, 1.54) is 11.3 Å². The lowest BCUT2D eigenvalue weighted by Crippen LogP contribution is -2.09. The summed E-state index contributed by atoms with van der Waals surface area (Å²) in [6, 6.07) is 5.62. The molecule has 0 atom stereocenters. The average molecular weight is 279 g/mol. The molecule has 0 spiro atoms. The number of ether oxygens (including phenoxy) is 2. The molecule has 0 saturated carbocycles. The molecule has 0 aliphatic carbocycles. The van der Waals surface area contributed by atoms with Crippen LogP contribution in [-0.4, -0.2) is 16.8 Å². The van der Waals surface area contributed by atoms with Crippen LogP contribution in [-0.2, 0) is 0 Å². The van der Waals surface area contributed by atoms with Crippen LogP contribution < -0.4 is 20.5 Å². The van der Waals surface area contributed by atoms with Crippen molar-refractivity contribution in [2.75, 3.05) is 12.1 Å². The molecule has 0 radical (unpaired) electrons. The second-order valence-electron chi connectivity index (χ2n) is 3.60. The fraction of sp³-hybridized carbons (Fsp3) is 0.0909. The van der Waals surface area contributed by atoms with E-state index in [0.717, 1.165) is 22.3 Å². The van der Waals surface area contributed by atoms with Crippen molar-refractivity contribution in [3.8, 4) is 11.5 Å². The number of nitrogens with zero attached hydrogens (tertiary/aromatic N) is 1. The number of fused-ring (bicyclic) bond motifs is 1. The smallest absolute Gasteiger partial charge is 0.231 e. The van der Waals surface area contributed by atoms with Gasteiger partial charge >= 0.3 is 0 Å². The maximum atomic E-state index is 5.51. The lowest BCUT2D eigenvalue weighted by molar-refractivity contribution is 0.174. The molecule has 0 saturated heterocycles. The Morgan fingerprint density at radius 3 is 3.00 bits per heavy atom. The molecule has 0 unspecified atom stereocenters. The fourth-order valence-electron chi connectivity index (χ4n) is 1.54. The molecule has 3 N–H and O–H groups in total. The third-order valence-electron chi connectivity index (χ3n) is 2.38. The van der Waals surface area contributed by atoms with Crippen LogP contribution >= 0.6 is 23.6 Å². The van der Waals surface area contributed by atoms with Crippen LogP contribution in [0.1, 0.15) is 5.69 Å². The van der Waals surface area contributed by atoms with Gasteiger partial charge in [-0.15, -0.1) is 11.3 Å². The van der Waals surface area contributed by atoms with Crippen molar-refractivity contribution in [1.29, 1.82) is 0 Å². The highest BCUT2D eigenvalue weighted by molar-refractivity contribution is 7.80. The Morgan fingerprint density at radius 2 is 2.22 bits per heavy atom. The number of rotatable bonds is 3. The maximum Gasteiger partial charge on any atom is 0.231 e. The third kappa shape index (κ3) is 2.09. The van der Waals surface area contributed by atoms with Crippen molar-refractivity contribution in [1.82, 2.24) is 4.98 Å². The molecule has 0 amide bonds. The number of hydrogen-bond acceptors (Lipinski definition) is 6. The van der Waals surface area contributed by atoms with E-state index in [-0.39, 0.29) is 6.79 Å². The third-order valence-corrected chi connectivity index (χ3v) is 3.35. The van der Waals surface area contributed by atoms with Crippen LogP contribution in [0.4, 0.5) is 10.8 Å². The molecular formula is C11H9N3O2S2. The first-order valence-corrected chi connectivity index (χ1v) is 6.43. The zero-order valence-electron chi connectivity index (χ0n) is 9.17. The summed E-state index contributed by atoms with van der Waals surface area (Å²) in [5.41, 5.74) is 7.01. The summed E-state index contributed by atoms with van der Waals surface area (Å²) in [4.78, 5) is 4.56. The van der Waals surface area contributed by atoms with E-state index >= 15 is 0 Å². The predicted molar refractivity (Wildman–Crippen MR) is 73.8 cm³/mol. The number of nitrogens with one attached hydrogen (secondary N) is 1. The van der Waals surface area contributed by atoms with Gasteiger partial charge in [0.15, 0.2) is 16.6 Å². The molecule has 1 aromatic heterocycles. The van der Waals surface area contributed by atoms with Crippen LogP contribution in [0.5, 0.6) is 11.5 Å². The number of benzene rings is 1. The van der Waals surface area contributed by atoms with E-state index in [2.05, 4.69) is 10.3 Å². The number of thiazole rings is 1. The van der Waals surface area contributed by atoms with E-state index in [1.807, 2.05) is 23.6 Å². The quantitative estimate of drug-likeness (QED) is 0.840. The second kappa shape index (κ2) is 4.43. The SMILES string of the molecule is NC(=S)c1csc(Nc2ccc3c(c2)OCO3)n1. The van der Waals surface area contributed by atoms with E-state index in [0.29, 0.717) is 10.7 Å². The molecule has 3 rings (SSSR count). The highest BCUT2D eigenvalue weighted by Crippen LogP contribution is 2.35. The Kier molecular flexibility index (Phi) is 2.77. The molecule has 7 heteroatoms. The Hall–Kier alpha value is -1.86. The second-order valence-corrected chi connectivity index (χ2v) is 4.89. The zero-order valence-corrected chi connectivity index (χ0v) is 10.8. The predicted octanol–water partition coefficient (Wildman–Crippen LogP) is 2.25. The molecule has 0 bridgehead atoms. The van der Waals surface area contributed by atoms with Gasteiger partial charge in [0.2, 0.25) is 6.79 Å². The summed E-state index contributed by atoms with van der Waals surface area (Å²) in [5, 5.41) is 5.72. The first-order valence-electron chi connectivity index (χ1n) is 5.14. The molecule has 5 nitrogen and oxygen atoms in total. The molecule has 18 heavy (non-hydrogen) atoms. The Bertz CT molecular complexity index is 612. The first kappa shape index (κ1) is 11.2. The number of thiocarbonyl (C=S) groups is 1. The van der Waals surface area contributed by atoms with E-state index in [4.69, 9.17) is 27.4 Å². The van der Waals surface area contributed by atoms with Gasteiger partial charge in [0.05, 0.1) is 0 Å². The monoisotopic (exact) mass is 279 g/mol. The minimum Gasteiger partial charge on any atom is -0.454 e. The number of aromatic nitrogens is 1. The topological polar surface area (TPSA) is 69.4 Å². The van der Waals surface area contributed by atoms with Gasteiger partial charge in [0.25, 0.3) is 0 Å². The van der Waals surface area contributed by atoms with Crippen LogP contribution in [0.25, 0.3) is 0 Å². The minimum absolute atomic E-state index is 0.266. The van der Waals surface area contributed by atoms with Gasteiger partial charge in [0, 0.05) is 17.1 Å². The van der Waals surface area contributed by atoms with Crippen LogP contribution in [0.15, 0.2) is 23.6 Å². The molecule has 1 aromatic carbocycles. The molecule has 2 heterocycles. The van der Waals surface area contributed by atoms with E-state index in [1.54, 1.807) is 0 Å². The highest BCUT2D eigenvalue weighted by Gasteiger charge is 2.13. The zero-order chi connectivity index (χ0) is 12.5. The van der Waals surface area contributed by atoms with Crippen molar-refractivity contribution < 1.29 is 9.47 Å². The summed E-state index contributed by atoms with van der Waals surface area (Å²) in [6.07, 6.45) is 0. The van der Waals surface area contributed by atoms with Crippen molar-refractivity contribution >= 4 is 39.4 Å². The lowest BCUT2D eigenvalue weighted by atomic mass is 10.3. The number of nitrogens with two attached hydrogens (primary N) is 1. The highest BCUT2D eigenvalue weighted by atomic mass is 32.1. The molecule has 1 aliphatic rings. The normalized spacial score (nSPS) is 12.4.